The molecule has 1 aliphatic heterocycles. The van der Waals surface area contributed by atoms with Crippen LogP contribution in [-0.4, -0.2) is 43.4 Å². The lowest BCUT2D eigenvalue weighted by Gasteiger charge is -2.18. The molecule has 0 radical (unpaired) electrons. The number of nitrogens with one attached hydrogen (secondary N) is 1. The monoisotopic (exact) mass is 250 g/mol. The Hall–Kier alpha value is -1.26. The fourth-order valence-electron chi connectivity index (χ4n) is 2.19. The van der Waals surface area contributed by atoms with Gasteiger partial charge in [-0.15, -0.1) is 0 Å². The number of Topliss-reactive ketones (excluding diaryl/α,β-unsaturated/α-hetero) is 1. The second-order valence-corrected chi connectivity index (χ2v) is 4.72. The third kappa shape index (κ3) is 4.20. The largest absolute Gasteiger partial charge is 0.315 e. The van der Waals surface area contributed by atoms with Crippen LogP contribution in [0.3, 0.4) is 0 Å². The summed E-state index contributed by atoms with van der Waals surface area (Å²) >= 11 is 0. The minimum absolute atomic E-state index is 0.198. The summed E-state index contributed by atoms with van der Waals surface area (Å²) < 4.78 is 12.7. The molecule has 0 atom stereocenters. The predicted molar refractivity (Wildman–Crippen MR) is 69.0 cm³/mol. The Balaban J connectivity index is 1.82. The van der Waals surface area contributed by atoms with E-state index in [9.17, 15) is 9.18 Å². The van der Waals surface area contributed by atoms with Crippen LogP contribution in [0, 0.1) is 5.82 Å². The summed E-state index contributed by atoms with van der Waals surface area (Å²) in [5.41, 5.74) is 0.884. The van der Waals surface area contributed by atoms with E-state index in [-0.39, 0.29) is 11.6 Å². The minimum Gasteiger partial charge on any atom is -0.315 e. The molecule has 0 aromatic heterocycles. The molecule has 0 saturated carbocycles. The van der Waals surface area contributed by atoms with Crippen LogP contribution >= 0.6 is 0 Å². The van der Waals surface area contributed by atoms with Crippen LogP contribution in [0.4, 0.5) is 4.39 Å². The van der Waals surface area contributed by atoms with E-state index >= 15 is 0 Å². The zero-order valence-electron chi connectivity index (χ0n) is 10.5. The van der Waals surface area contributed by atoms with Gasteiger partial charge < -0.3 is 5.32 Å². The molecule has 1 fully saturated rings. The molecule has 3 nitrogen and oxygen atoms in total. The van der Waals surface area contributed by atoms with Gasteiger partial charge in [0.2, 0.25) is 0 Å². The number of ketones is 1. The van der Waals surface area contributed by atoms with Crippen LogP contribution < -0.4 is 5.32 Å². The molecule has 98 valence electrons. The third-order valence-electron chi connectivity index (χ3n) is 3.15. The first-order chi connectivity index (χ1) is 8.74. The smallest absolute Gasteiger partial charge is 0.151 e. The Morgan fingerprint density at radius 1 is 1.22 bits per heavy atom. The molecule has 4 heteroatoms. The number of rotatable bonds is 4. The van der Waals surface area contributed by atoms with Crippen molar-refractivity contribution in [1.82, 2.24) is 10.2 Å². The Kier molecular flexibility index (Phi) is 4.84. The van der Waals surface area contributed by atoms with Gasteiger partial charge in [-0.3, -0.25) is 9.69 Å². The second kappa shape index (κ2) is 6.61. The molecule has 1 N–H and O–H groups in total. The third-order valence-corrected chi connectivity index (χ3v) is 3.15. The molecule has 0 unspecified atom stereocenters. The summed E-state index contributed by atoms with van der Waals surface area (Å²) in [5.74, 6) is -0.0618. The van der Waals surface area contributed by atoms with Crippen LogP contribution in [0.25, 0.3) is 0 Å². The first-order valence-corrected chi connectivity index (χ1v) is 6.43. The topological polar surface area (TPSA) is 32.3 Å². The summed E-state index contributed by atoms with van der Waals surface area (Å²) in [6, 6.07) is 6.16. The Morgan fingerprint density at radius 2 is 2.00 bits per heavy atom. The molecule has 1 aromatic carbocycles. The maximum absolute atomic E-state index is 12.7. The van der Waals surface area contributed by atoms with E-state index < -0.39 is 0 Å². The number of nitrogens with zero attached hydrogens (tertiary/aromatic N) is 1. The zero-order chi connectivity index (χ0) is 12.8. The van der Waals surface area contributed by atoms with Crippen LogP contribution in [0.5, 0.6) is 0 Å². The zero-order valence-corrected chi connectivity index (χ0v) is 10.5. The summed E-state index contributed by atoms with van der Waals surface area (Å²) in [6.45, 7) is 4.38. The fourth-order valence-corrected chi connectivity index (χ4v) is 2.19. The highest BCUT2D eigenvalue weighted by atomic mass is 19.1. The van der Waals surface area contributed by atoms with Crippen molar-refractivity contribution in [2.24, 2.45) is 0 Å². The van der Waals surface area contributed by atoms with Crippen molar-refractivity contribution in [3.63, 3.8) is 0 Å². The molecular weight excluding hydrogens is 231 g/mol. The molecule has 1 saturated heterocycles. The summed E-state index contributed by atoms with van der Waals surface area (Å²) in [4.78, 5) is 14.1. The lowest BCUT2D eigenvalue weighted by Crippen LogP contribution is -2.33. The Labute approximate surface area is 107 Å². The highest BCUT2D eigenvalue weighted by molar-refractivity contribution is 5.82. The van der Waals surface area contributed by atoms with Crippen LogP contribution in [0.2, 0.25) is 0 Å². The number of halogens is 1. The maximum atomic E-state index is 12.7. The van der Waals surface area contributed by atoms with Gasteiger partial charge in [0.1, 0.15) is 5.82 Å². The first kappa shape index (κ1) is 13.2. The number of hydrogen-bond donors (Lipinski definition) is 1. The van der Waals surface area contributed by atoms with Gasteiger partial charge in [-0.25, -0.2) is 4.39 Å². The molecule has 18 heavy (non-hydrogen) atoms. The van der Waals surface area contributed by atoms with E-state index in [1.54, 1.807) is 12.1 Å². The normalized spacial score (nSPS) is 17.4. The molecule has 1 aromatic rings. The van der Waals surface area contributed by atoms with Crippen molar-refractivity contribution in [3.8, 4) is 0 Å². The van der Waals surface area contributed by atoms with Gasteiger partial charge in [-0.2, -0.15) is 0 Å². The molecular formula is C14H19FN2O. The molecule has 0 bridgehead atoms. The lowest BCUT2D eigenvalue weighted by molar-refractivity contribution is -0.119. The van der Waals surface area contributed by atoms with E-state index in [4.69, 9.17) is 0 Å². The van der Waals surface area contributed by atoms with Gasteiger partial charge in [-0.1, -0.05) is 12.1 Å². The second-order valence-electron chi connectivity index (χ2n) is 4.72. The van der Waals surface area contributed by atoms with Crippen molar-refractivity contribution in [1.29, 1.82) is 0 Å². The van der Waals surface area contributed by atoms with Crippen molar-refractivity contribution >= 4 is 5.78 Å². The fraction of sp³-hybridized carbons (Fsp3) is 0.500. The Bertz CT molecular complexity index is 383. The van der Waals surface area contributed by atoms with E-state index in [2.05, 4.69) is 10.2 Å². The van der Waals surface area contributed by atoms with Crippen molar-refractivity contribution in [2.75, 3.05) is 32.7 Å². The molecule has 0 amide bonds. The minimum atomic E-state index is -0.259. The Morgan fingerprint density at radius 3 is 2.78 bits per heavy atom. The van der Waals surface area contributed by atoms with Crippen LogP contribution in [0.15, 0.2) is 24.3 Å². The van der Waals surface area contributed by atoms with Gasteiger partial charge in [0, 0.05) is 19.5 Å². The van der Waals surface area contributed by atoms with E-state index in [1.807, 2.05) is 0 Å². The molecule has 0 spiro atoms. The highest BCUT2D eigenvalue weighted by Crippen LogP contribution is 2.05. The average molecular weight is 250 g/mol. The highest BCUT2D eigenvalue weighted by Gasteiger charge is 2.12. The number of hydrogen-bond acceptors (Lipinski definition) is 3. The van der Waals surface area contributed by atoms with E-state index in [1.165, 1.54) is 12.1 Å². The first-order valence-electron chi connectivity index (χ1n) is 6.43. The van der Waals surface area contributed by atoms with E-state index in [0.717, 1.165) is 38.2 Å². The summed E-state index contributed by atoms with van der Waals surface area (Å²) in [5, 5.41) is 3.31. The number of benzene rings is 1. The molecule has 1 heterocycles. The molecule has 2 rings (SSSR count). The summed E-state index contributed by atoms with van der Waals surface area (Å²) in [7, 11) is 0. The SMILES string of the molecule is O=C(Cc1ccc(F)cc1)CN1CCCNCC1. The van der Waals surface area contributed by atoms with Gasteiger partial charge in [0.15, 0.2) is 5.78 Å². The predicted octanol–water partition coefficient (Wildman–Crippen LogP) is 1.23. The van der Waals surface area contributed by atoms with Gasteiger partial charge in [0.05, 0.1) is 6.54 Å². The van der Waals surface area contributed by atoms with Crippen LogP contribution in [0.1, 0.15) is 12.0 Å². The quantitative estimate of drug-likeness (QED) is 0.872. The lowest BCUT2D eigenvalue weighted by atomic mass is 10.1. The number of carbonyl (C=O) groups excluding carboxylic acids is 1. The maximum Gasteiger partial charge on any atom is 0.151 e. The van der Waals surface area contributed by atoms with Gasteiger partial charge >= 0.3 is 0 Å². The molecule has 1 aliphatic rings. The van der Waals surface area contributed by atoms with E-state index in [0.29, 0.717) is 13.0 Å². The standard InChI is InChI=1S/C14H19FN2O/c15-13-4-2-12(3-5-13)10-14(18)11-17-8-1-6-16-7-9-17/h2-5,16H,1,6-11H2. The van der Waals surface area contributed by atoms with Gasteiger partial charge in [0.25, 0.3) is 0 Å². The van der Waals surface area contributed by atoms with Crippen LogP contribution in [-0.2, 0) is 11.2 Å². The number of carbonyl (C=O) groups is 1. The van der Waals surface area contributed by atoms with Crippen molar-refractivity contribution < 1.29 is 9.18 Å². The van der Waals surface area contributed by atoms with Crippen molar-refractivity contribution in [3.05, 3.63) is 35.6 Å². The molecule has 0 aliphatic carbocycles. The average Bonchev–Trinajstić information content (AvgIpc) is 2.61. The summed E-state index contributed by atoms with van der Waals surface area (Å²) in [6.07, 6.45) is 1.48. The van der Waals surface area contributed by atoms with Crippen molar-refractivity contribution in [2.45, 2.75) is 12.8 Å². The van der Waals surface area contributed by atoms with Gasteiger partial charge in [-0.05, 0) is 37.2 Å².